The summed E-state index contributed by atoms with van der Waals surface area (Å²) in [6, 6.07) is 3.11. The van der Waals surface area contributed by atoms with Crippen LogP contribution in [-0.2, 0) is 11.2 Å². The number of hydrogen-bond donors (Lipinski definition) is 1. The second kappa shape index (κ2) is 6.22. The zero-order valence-electron chi connectivity index (χ0n) is 12.1. The van der Waals surface area contributed by atoms with Crippen molar-refractivity contribution in [1.29, 1.82) is 0 Å². The lowest BCUT2D eigenvalue weighted by Crippen LogP contribution is -2.48. The summed E-state index contributed by atoms with van der Waals surface area (Å²) in [7, 11) is 0. The topological polar surface area (TPSA) is 70.5 Å². The van der Waals surface area contributed by atoms with Crippen molar-refractivity contribution in [1.82, 2.24) is 9.88 Å². The first-order valence-corrected chi connectivity index (χ1v) is 6.73. The SMILES string of the molecule is CCc1cc(C(=O)N(CC(=O)O)C(C)(C)C)cc(Cl)n1. The highest BCUT2D eigenvalue weighted by Crippen LogP contribution is 2.19. The Balaban J connectivity index is 3.18. The van der Waals surface area contributed by atoms with Crippen LogP contribution in [0.5, 0.6) is 0 Å². The summed E-state index contributed by atoms with van der Waals surface area (Å²) in [5.41, 5.74) is 0.459. The molecule has 1 aromatic heterocycles. The van der Waals surface area contributed by atoms with Crippen molar-refractivity contribution in [3.63, 3.8) is 0 Å². The number of aryl methyl sites for hydroxylation is 1. The quantitative estimate of drug-likeness (QED) is 0.868. The van der Waals surface area contributed by atoms with Crippen LogP contribution in [0.15, 0.2) is 12.1 Å². The lowest BCUT2D eigenvalue weighted by molar-refractivity contribution is -0.138. The van der Waals surface area contributed by atoms with E-state index in [0.29, 0.717) is 17.7 Å². The van der Waals surface area contributed by atoms with Gasteiger partial charge in [0, 0.05) is 16.8 Å². The molecule has 1 aromatic rings. The summed E-state index contributed by atoms with van der Waals surface area (Å²) in [6.45, 7) is 6.92. The molecule has 0 bridgehead atoms. The van der Waals surface area contributed by atoms with Gasteiger partial charge in [-0.25, -0.2) is 4.98 Å². The molecular formula is C14H19ClN2O3. The second-order valence-corrected chi connectivity index (χ2v) is 5.87. The molecule has 0 fully saturated rings. The number of halogens is 1. The Morgan fingerprint density at radius 1 is 1.35 bits per heavy atom. The molecule has 0 aromatic carbocycles. The third kappa shape index (κ3) is 4.20. The number of nitrogens with zero attached hydrogens (tertiary/aromatic N) is 2. The highest BCUT2D eigenvalue weighted by atomic mass is 35.5. The monoisotopic (exact) mass is 298 g/mol. The van der Waals surface area contributed by atoms with Gasteiger partial charge in [-0.2, -0.15) is 0 Å². The van der Waals surface area contributed by atoms with Gasteiger partial charge in [-0.1, -0.05) is 18.5 Å². The molecule has 1 rings (SSSR count). The Bertz CT molecular complexity index is 524. The van der Waals surface area contributed by atoms with Gasteiger partial charge >= 0.3 is 5.97 Å². The fourth-order valence-corrected chi connectivity index (χ4v) is 1.99. The van der Waals surface area contributed by atoms with Crippen LogP contribution < -0.4 is 0 Å². The fourth-order valence-electron chi connectivity index (χ4n) is 1.76. The average Bonchev–Trinajstić information content (AvgIpc) is 2.32. The molecule has 0 atom stereocenters. The minimum atomic E-state index is -1.05. The Hall–Kier alpha value is -1.62. The maximum absolute atomic E-state index is 12.5. The molecule has 110 valence electrons. The lowest BCUT2D eigenvalue weighted by Gasteiger charge is -2.34. The van der Waals surface area contributed by atoms with Gasteiger partial charge in [-0.15, -0.1) is 0 Å². The minimum Gasteiger partial charge on any atom is -0.480 e. The predicted molar refractivity (Wildman–Crippen MR) is 77.1 cm³/mol. The number of amides is 1. The first-order chi connectivity index (χ1) is 9.15. The van der Waals surface area contributed by atoms with Crippen LogP contribution in [0.2, 0.25) is 5.15 Å². The van der Waals surface area contributed by atoms with E-state index in [1.165, 1.54) is 11.0 Å². The van der Waals surface area contributed by atoms with Crippen LogP contribution >= 0.6 is 11.6 Å². The van der Waals surface area contributed by atoms with E-state index >= 15 is 0 Å². The molecule has 0 radical (unpaired) electrons. The van der Waals surface area contributed by atoms with Crippen molar-refractivity contribution >= 4 is 23.5 Å². The van der Waals surface area contributed by atoms with Gasteiger partial charge in [0.25, 0.3) is 5.91 Å². The number of carboxylic acids is 1. The number of carbonyl (C=O) groups excluding carboxylic acids is 1. The summed E-state index contributed by atoms with van der Waals surface area (Å²) in [5.74, 6) is -1.41. The van der Waals surface area contributed by atoms with E-state index in [1.807, 2.05) is 6.92 Å². The van der Waals surface area contributed by atoms with Gasteiger partial charge in [0.15, 0.2) is 0 Å². The van der Waals surface area contributed by atoms with Gasteiger partial charge in [0.05, 0.1) is 0 Å². The average molecular weight is 299 g/mol. The lowest BCUT2D eigenvalue weighted by atomic mass is 10.0. The van der Waals surface area contributed by atoms with Crippen LogP contribution in [0.25, 0.3) is 0 Å². The molecule has 0 aliphatic rings. The number of carbonyl (C=O) groups is 2. The Labute approximate surface area is 123 Å². The largest absolute Gasteiger partial charge is 0.480 e. The van der Waals surface area contributed by atoms with Crippen LogP contribution in [-0.4, -0.2) is 39.0 Å². The highest BCUT2D eigenvalue weighted by Gasteiger charge is 2.29. The number of carboxylic acid groups (broad SMARTS) is 1. The predicted octanol–water partition coefficient (Wildman–Crippen LogP) is 2.62. The molecule has 0 spiro atoms. The first-order valence-electron chi connectivity index (χ1n) is 6.35. The van der Waals surface area contributed by atoms with E-state index in [0.717, 1.165) is 0 Å². The van der Waals surface area contributed by atoms with E-state index in [2.05, 4.69) is 4.98 Å². The van der Waals surface area contributed by atoms with Crippen molar-refractivity contribution in [2.75, 3.05) is 6.54 Å². The maximum atomic E-state index is 12.5. The van der Waals surface area contributed by atoms with E-state index in [4.69, 9.17) is 16.7 Å². The molecule has 20 heavy (non-hydrogen) atoms. The van der Waals surface area contributed by atoms with Crippen molar-refractivity contribution in [3.8, 4) is 0 Å². The van der Waals surface area contributed by atoms with Crippen molar-refractivity contribution in [2.24, 2.45) is 0 Å². The molecule has 0 unspecified atom stereocenters. The molecular weight excluding hydrogens is 280 g/mol. The molecule has 1 N–H and O–H groups in total. The molecule has 1 heterocycles. The molecule has 0 aliphatic carbocycles. The first kappa shape index (κ1) is 16.4. The fraction of sp³-hybridized carbons (Fsp3) is 0.500. The van der Waals surface area contributed by atoms with Gasteiger partial charge in [-0.3, -0.25) is 9.59 Å². The third-order valence-corrected chi connectivity index (χ3v) is 3.00. The van der Waals surface area contributed by atoms with Gasteiger partial charge in [0.1, 0.15) is 11.7 Å². The number of rotatable bonds is 4. The molecule has 0 saturated heterocycles. The van der Waals surface area contributed by atoms with Crippen molar-refractivity contribution in [2.45, 2.75) is 39.7 Å². The second-order valence-electron chi connectivity index (χ2n) is 5.48. The Morgan fingerprint density at radius 3 is 2.40 bits per heavy atom. The molecule has 0 saturated carbocycles. The Kier molecular flexibility index (Phi) is 5.11. The normalized spacial score (nSPS) is 11.2. The number of hydrogen-bond acceptors (Lipinski definition) is 3. The molecule has 5 nitrogen and oxygen atoms in total. The summed E-state index contributed by atoms with van der Waals surface area (Å²) in [5, 5.41) is 9.20. The highest BCUT2D eigenvalue weighted by molar-refractivity contribution is 6.29. The number of aliphatic carboxylic acids is 1. The number of aromatic nitrogens is 1. The molecule has 6 heteroatoms. The van der Waals surface area contributed by atoms with Crippen LogP contribution in [0.4, 0.5) is 0 Å². The van der Waals surface area contributed by atoms with Crippen molar-refractivity contribution in [3.05, 3.63) is 28.5 Å². The van der Waals surface area contributed by atoms with Crippen LogP contribution in [0, 0.1) is 0 Å². The van der Waals surface area contributed by atoms with E-state index in [1.54, 1.807) is 26.8 Å². The minimum absolute atomic E-state index is 0.233. The standard InChI is InChI=1S/C14H19ClN2O3/c1-5-10-6-9(7-11(15)16-10)13(20)17(8-12(18)19)14(2,3)4/h6-7H,5,8H2,1-4H3,(H,18,19). The van der Waals surface area contributed by atoms with Gasteiger partial charge < -0.3 is 10.0 Å². The zero-order chi connectivity index (χ0) is 15.5. The van der Waals surface area contributed by atoms with E-state index in [-0.39, 0.29) is 17.6 Å². The van der Waals surface area contributed by atoms with Gasteiger partial charge in [-0.05, 0) is 39.3 Å². The Morgan fingerprint density at radius 2 is 1.95 bits per heavy atom. The van der Waals surface area contributed by atoms with Crippen LogP contribution in [0.3, 0.4) is 0 Å². The van der Waals surface area contributed by atoms with Crippen molar-refractivity contribution < 1.29 is 14.7 Å². The summed E-state index contributed by atoms with van der Waals surface area (Å²) in [6.07, 6.45) is 0.648. The zero-order valence-corrected chi connectivity index (χ0v) is 12.9. The van der Waals surface area contributed by atoms with E-state index < -0.39 is 11.5 Å². The van der Waals surface area contributed by atoms with Crippen LogP contribution in [0.1, 0.15) is 43.7 Å². The third-order valence-electron chi connectivity index (χ3n) is 2.80. The summed E-state index contributed by atoms with van der Waals surface area (Å²) in [4.78, 5) is 28.9. The molecule has 1 amide bonds. The number of pyridine rings is 1. The summed E-state index contributed by atoms with van der Waals surface area (Å²) >= 11 is 5.90. The smallest absolute Gasteiger partial charge is 0.323 e. The summed E-state index contributed by atoms with van der Waals surface area (Å²) < 4.78 is 0. The maximum Gasteiger partial charge on any atom is 0.323 e. The van der Waals surface area contributed by atoms with Gasteiger partial charge in [0.2, 0.25) is 0 Å². The van der Waals surface area contributed by atoms with E-state index in [9.17, 15) is 9.59 Å². The molecule has 0 aliphatic heterocycles.